The van der Waals surface area contributed by atoms with Crippen molar-refractivity contribution in [1.29, 1.82) is 0 Å². The minimum Gasteiger partial charge on any atom is -0.306 e. The number of hydrogen-bond acceptors (Lipinski definition) is 2. The Morgan fingerprint density at radius 2 is 1.89 bits per heavy atom. The Labute approximate surface area is 161 Å². The summed E-state index contributed by atoms with van der Waals surface area (Å²) in [5, 5.41) is 0. The van der Waals surface area contributed by atoms with Gasteiger partial charge < -0.3 is 9.88 Å². The van der Waals surface area contributed by atoms with Crippen LogP contribution in [-0.2, 0) is 0 Å². The fourth-order valence-corrected chi connectivity index (χ4v) is 6.49. The van der Waals surface area contributed by atoms with Gasteiger partial charge in [-0.25, -0.2) is 4.79 Å². The second-order valence-electron chi connectivity index (χ2n) is 9.88. The van der Waals surface area contributed by atoms with E-state index >= 15 is 0 Å². The van der Waals surface area contributed by atoms with E-state index in [0.29, 0.717) is 11.5 Å². The second kappa shape index (κ2) is 6.51. The quantitative estimate of drug-likeness (QED) is 0.868. The third-order valence-electron chi connectivity index (χ3n) is 8.36. The summed E-state index contributed by atoms with van der Waals surface area (Å²) in [7, 11) is 0. The molecule has 4 heteroatoms. The van der Waals surface area contributed by atoms with Crippen LogP contribution in [0.2, 0.25) is 0 Å². The van der Waals surface area contributed by atoms with Crippen LogP contribution in [0.1, 0.15) is 58.4 Å². The van der Waals surface area contributed by atoms with Crippen LogP contribution in [0.3, 0.4) is 0 Å². The van der Waals surface area contributed by atoms with Crippen LogP contribution in [0.15, 0.2) is 29.1 Å². The van der Waals surface area contributed by atoms with Crippen molar-refractivity contribution in [2.75, 3.05) is 19.6 Å². The summed E-state index contributed by atoms with van der Waals surface area (Å²) in [6.45, 7) is 8.50. The molecule has 2 bridgehead atoms. The van der Waals surface area contributed by atoms with Crippen LogP contribution >= 0.6 is 0 Å². The first-order valence-electron chi connectivity index (χ1n) is 11.0. The molecular formula is C23H33N3O. The molecule has 1 aromatic carbocycles. The van der Waals surface area contributed by atoms with Crippen LogP contribution in [0, 0.1) is 23.2 Å². The van der Waals surface area contributed by atoms with Gasteiger partial charge in [0.25, 0.3) is 0 Å². The number of likely N-dealkylation sites (tertiary alicyclic amines) is 1. The smallest absolute Gasteiger partial charge is 0.306 e. The molecule has 3 aliphatic carbocycles. The fourth-order valence-electron chi connectivity index (χ4n) is 6.49. The average molecular weight is 368 g/mol. The zero-order chi connectivity index (χ0) is 18.6. The standard InChI is InChI=1S/C23H33N3O/c1-23(2)17-8-7-16(19(23)15-17)9-12-25-13-10-18(11-14-25)26-21-6-4-3-5-20(21)24-22(26)27/h3-6,16-19H,7-15H2,1-2H3,(H,24,27)/t16?,17-,19-/m0/s1. The maximum Gasteiger partial charge on any atom is 0.326 e. The molecule has 1 N–H and O–H groups in total. The lowest BCUT2D eigenvalue weighted by Crippen LogP contribution is -2.52. The molecule has 6 rings (SSSR count). The molecular weight excluding hydrogens is 334 g/mol. The highest BCUT2D eigenvalue weighted by Gasteiger charge is 2.53. The van der Waals surface area contributed by atoms with Crippen LogP contribution in [0.25, 0.3) is 11.0 Å². The number of H-pyrrole nitrogens is 1. The van der Waals surface area contributed by atoms with Gasteiger partial charge in [-0.05, 0) is 80.4 Å². The zero-order valence-electron chi connectivity index (χ0n) is 16.8. The van der Waals surface area contributed by atoms with Gasteiger partial charge in [0.15, 0.2) is 0 Å². The van der Waals surface area contributed by atoms with Crippen LogP contribution in [-0.4, -0.2) is 34.1 Å². The van der Waals surface area contributed by atoms with E-state index in [1.807, 2.05) is 22.8 Å². The van der Waals surface area contributed by atoms with Crippen molar-refractivity contribution in [1.82, 2.24) is 14.5 Å². The molecule has 2 aromatic rings. The van der Waals surface area contributed by atoms with Gasteiger partial charge in [0.2, 0.25) is 0 Å². The number of rotatable bonds is 4. The topological polar surface area (TPSA) is 41.0 Å². The van der Waals surface area contributed by atoms with Gasteiger partial charge in [0.1, 0.15) is 0 Å². The molecule has 0 radical (unpaired) electrons. The Morgan fingerprint density at radius 3 is 2.63 bits per heavy atom. The van der Waals surface area contributed by atoms with E-state index in [-0.39, 0.29) is 5.69 Å². The van der Waals surface area contributed by atoms with Crippen molar-refractivity contribution < 1.29 is 0 Å². The molecule has 0 spiro atoms. The first-order valence-corrected chi connectivity index (χ1v) is 11.0. The summed E-state index contributed by atoms with van der Waals surface area (Å²) in [6, 6.07) is 8.42. The molecule has 4 fully saturated rings. The molecule has 4 nitrogen and oxygen atoms in total. The van der Waals surface area contributed by atoms with Gasteiger partial charge in [0.05, 0.1) is 11.0 Å². The number of aromatic amines is 1. The summed E-state index contributed by atoms with van der Waals surface area (Å²) in [5.74, 6) is 2.92. The second-order valence-corrected chi connectivity index (χ2v) is 9.88. The Hall–Kier alpha value is -1.55. The van der Waals surface area contributed by atoms with Gasteiger partial charge in [-0.1, -0.05) is 26.0 Å². The Morgan fingerprint density at radius 1 is 1.11 bits per heavy atom. The van der Waals surface area contributed by atoms with Crippen molar-refractivity contribution in [3.8, 4) is 0 Å². The van der Waals surface area contributed by atoms with Gasteiger partial charge in [0, 0.05) is 19.1 Å². The summed E-state index contributed by atoms with van der Waals surface area (Å²) < 4.78 is 2.00. The molecule has 1 aromatic heterocycles. The summed E-state index contributed by atoms with van der Waals surface area (Å²) >= 11 is 0. The number of para-hydroxylation sites is 2. The lowest BCUT2D eigenvalue weighted by molar-refractivity contribution is -0.108. The van der Waals surface area contributed by atoms with Gasteiger partial charge in [-0.3, -0.25) is 4.57 Å². The van der Waals surface area contributed by atoms with Crippen molar-refractivity contribution >= 4 is 11.0 Å². The highest BCUT2D eigenvalue weighted by atomic mass is 16.1. The Balaban J connectivity index is 1.19. The van der Waals surface area contributed by atoms with E-state index in [0.717, 1.165) is 54.7 Å². The Bertz CT molecular complexity index is 869. The predicted octanol–water partition coefficient (Wildman–Crippen LogP) is 4.43. The number of nitrogens with one attached hydrogen (secondary N) is 1. The molecule has 27 heavy (non-hydrogen) atoms. The molecule has 2 heterocycles. The molecule has 146 valence electrons. The normalized spacial score (nSPS) is 31.1. The average Bonchev–Trinajstić information content (AvgIpc) is 3.02. The predicted molar refractivity (Wildman–Crippen MR) is 110 cm³/mol. The molecule has 1 aliphatic heterocycles. The molecule has 4 aliphatic rings. The first kappa shape index (κ1) is 17.5. The summed E-state index contributed by atoms with van der Waals surface area (Å²) in [4.78, 5) is 18.1. The minimum atomic E-state index is 0.0543. The molecule has 1 unspecified atom stereocenters. The number of nitrogens with zero attached hydrogens (tertiary/aromatic N) is 2. The van der Waals surface area contributed by atoms with Crippen LogP contribution in [0.5, 0.6) is 0 Å². The molecule has 0 amide bonds. The molecule has 3 saturated carbocycles. The number of hydrogen-bond donors (Lipinski definition) is 1. The number of piperidine rings is 1. The van der Waals surface area contributed by atoms with E-state index in [1.54, 1.807) is 0 Å². The van der Waals surface area contributed by atoms with E-state index in [9.17, 15) is 4.79 Å². The number of imidazole rings is 1. The van der Waals surface area contributed by atoms with E-state index in [4.69, 9.17) is 0 Å². The summed E-state index contributed by atoms with van der Waals surface area (Å²) in [6.07, 6.45) is 7.95. The van der Waals surface area contributed by atoms with Gasteiger partial charge >= 0.3 is 5.69 Å². The number of aromatic nitrogens is 2. The number of fused-ring (bicyclic) bond motifs is 3. The highest BCUT2D eigenvalue weighted by molar-refractivity contribution is 5.75. The van der Waals surface area contributed by atoms with E-state index < -0.39 is 0 Å². The zero-order valence-corrected chi connectivity index (χ0v) is 16.8. The van der Waals surface area contributed by atoms with E-state index in [1.165, 1.54) is 32.2 Å². The maximum absolute atomic E-state index is 12.4. The largest absolute Gasteiger partial charge is 0.326 e. The van der Waals surface area contributed by atoms with Gasteiger partial charge in [-0.15, -0.1) is 0 Å². The SMILES string of the molecule is CC1(C)[C@H]2CCC(CCN3CCC(n4c(=O)[nH]c5ccccc54)CC3)[C@@H]1C2. The fraction of sp³-hybridized carbons (Fsp3) is 0.696. The van der Waals surface area contributed by atoms with E-state index in [2.05, 4.69) is 29.8 Å². The summed E-state index contributed by atoms with van der Waals surface area (Å²) in [5.41, 5.74) is 2.68. The molecule has 3 atom stereocenters. The lowest BCUT2D eigenvalue weighted by atomic mass is 9.45. The highest BCUT2D eigenvalue weighted by Crippen LogP contribution is 2.62. The van der Waals surface area contributed by atoms with Crippen LogP contribution in [0.4, 0.5) is 0 Å². The number of benzene rings is 1. The third kappa shape index (κ3) is 2.88. The first-order chi connectivity index (χ1) is 13.0. The lowest BCUT2D eigenvalue weighted by Gasteiger charge is -2.60. The van der Waals surface area contributed by atoms with Crippen molar-refractivity contribution in [2.45, 2.75) is 58.4 Å². The van der Waals surface area contributed by atoms with Gasteiger partial charge in [-0.2, -0.15) is 0 Å². The van der Waals surface area contributed by atoms with Crippen LogP contribution < -0.4 is 5.69 Å². The molecule has 1 saturated heterocycles. The maximum atomic E-state index is 12.4. The monoisotopic (exact) mass is 367 g/mol. The third-order valence-corrected chi connectivity index (χ3v) is 8.36. The Kier molecular flexibility index (Phi) is 4.23. The minimum absolute atomic E-state index is 0.0543. The van der Waals surface area contributed by atoms with Crippen molar-refractivity contribution in [3.63, 3.8) is 0 Å². The van der Waals surface area contributed by atoms with Crippen molar-refractivity contribution in [2.24, 2.45) is 23.2 Å². The van der Waals surface area contributed by atoms with Crippen molar-refractivity contribution in [3.05, 3.63) is 34.7 Å².